The Morgan fingerprint density at radius 1 is 0.826 bits per heavy atom. The Bertz CT molecular complexity index is 1060. The number of H-pyrrole nitrogens is 1. The number of carbonyl (C=O) groups is 1. The number of aromatic nitrogens is 1. The highest BCUT2D eigenvalue weighted by molar-refractivity contribution is 6.14. The van der Waals surface area contributed by atoms with Gasteiger partial charge in [0.05, 0.1) is 5.69 Å². The van der Waals surface area contributed by atoms with Crippen LogP contribution in [0.2, 0.25) is 0 Å². The van der Waals surface area contributed by atoms with Crippen LogP contribution in [0.1, 0.15) is 16.1 Å². The van der Waals surface area contributed by atoms with Gasteiger partial charge >= 0.3 is 0 Å². The fourth-order valence-corrected chi connectivity index (χ4v) is 2.83. The highest BCUT2D eigenvalue weighted by Gasteiger charge is 2.15. The van der Waals surface area contributed by atoms with Crippen LogP contribution < -0.4 is 0 Å². The molecule has 3 N–H and O–H groups in total. The predicted octanol–water partition coefficient (Wildman–Crippen LogP) is 3.96. The number of fused-ring (bicyclic) bond motifs is 3. The first-order valence-electron chi connectivity index (χ1n) is 7.20. The van der Waals surface area contributed by atoms with Crippen LogP contribution in [0.15, 0.2) is 60.7 Å². The van der Waals surface area contributed by atoms with Gasteiger partial charge in [-0.3, -0.25) is 4.79 Å². The molecule has 0 radical (unpaired) electrons. The molecule has 4 heteroatoms. The summed E-state index contributed by atoms with van der Waals surface area (Å²) in [5.41, 5.74) is 1.65. The summed E-state index contributed by atoms with van der Waals surface area (Å²) < 4.78 is 0. The average Bonchev–Trinajstić information content (AvgIpc) is 3.01. The van der Waals surface area contributed by atoms with E-state index in [1.54, 1.807) is 0 Å². The van der Waals surface area contributed by atoms with Gasteiger partial charge in [-0.2, -0.15) is 0 Å². The maximum atomic E-state index is 12.6. The summed E-state index contributed by atoms with van der Waals surface area (Å²) in [4.78, 5) is 15.7. The van der Waals surface area contributed by atoms with Gasteiger partial charge in [-0.25, -0.2) is 0 Å². The van der Waals surface area contributed by atoms with Gasteiger partial charge in [0.1, 0.15) is 0 Å². The lowest BCUT2D eigenvalue weighted by atomic mass is 10.1. The minimum absolute atomic E-state index is 0.236. The Morgan fingerprint density at radius 3 is 2.48 bits per heavy atom. The van der Waals surface area contributed by atoms with E-state index in [9.17, 15) is 15.0 Å². The molecule has 0 unspecified atom stereocenters. The van der Waals surface area contributed by atoms with Gasteiger partial charge < -0.3 is 15.2 Å². The second-order valence-corrected chi connectivity index (χ2v) is 5.46. The number of aromatic amines is 1. The van der Waals surface area contributed by atoms with Crippen molar-refractivity contribution in [3.8, 4) is 11.5 Å². The third-order valence-corrected chi connectivity index (χ3v) is 4.01. The van der Waals surface area contributed by atoms with Crippen molar-refractivity contribution in [1.29, 1.82) is 0 Å². The number of phenols is 2. The smallest absolute Gasteiger partial charge is 0.209 e. The Labute approximate surface area is 131 Å². The molecule has 0 aliphatic rings. The van der Waals surface area contributed by atoms with E-state index in [-0.39, 0.29) is 17.3 Å². The van der Waals surface area contributed by atoms with Crippen LogP contribution in [0, 0.1) is 0 Å². The number of benzene rings is 3. The minimum atomic E-state index is -0.308. The van der Waals surface area contributed by atoms with Crippen molar-refractivity contribution < 1.29 is 15.0 Å². The molecule has 4 rings (SSSR count). The van der Waals surface area contributed by atoms with Crippen LogP contribution >= 0.6 is 0 Å². The Morgan fingerprint density at radius 2 is 1.65 bits per heavy atom. The summed E-state index contributed by atoms with van der Waals surface area (Å²) in [6.07, 6.45) is 0. The predicted molar refractivity (Wildman–Crippen MR) is 89.0 cm³/mol. The van der Waals surface area contributed by atoms with E-state index in [1.807, 2.05) is 42.5 Å². The standard InChI is InChI=1S/C19H13NO3/c21-17-8-6-12(9-18(17)22)19(23)16-10-14-13-4-2-1-3-11(13)5-7-15(14)20-16/h1-10,20-22H. The van der Waals surface area contributed by atoms with E-state index in [1.165, 1.54) is 18.2 Å². The van der Waals surface area contributed by atoms with Gasteiger partial charge in [0.2, 0.25) is 5.78 Å². The monoisotopic (exact) mass is 303 g/mol. The first kappa shape index (κ1) is 13.4. The van der Waals surface area contributed by atoms with Crippen molar-refractivity contribution in [1.82, 2.24) is 4.98 Å². The summed E-state index contributed by atoms with van der Waals surface area (Å²) in [6, 6.07) is 17.8. The Balaban J connectivity index is 1.87. The lowest BCUT2D eigenvalue weighted by molar-refractivity contribution is 0.103. The number of aromatic hydroxyl groups is 2. The number of phenolic OH excluding ortho intramolecular Hbond substituents is 2. The molecule has 0 amide bonds. The molecule has 4 nitrogen and oxygen atoms in total. The van der Waals surface area contributed by atoms with Gasteiger partial charge in [-0.1, -0.05) is 30.3 Å². The van der Waals surface area contributed by atoms with E-state index in [2.05, 4.69) is 4.98 Å². The zero-order chi connectivity index (χ0) is 16.0. The lowest BCUT2D eigenvalue weighted by Gasteiger charge is -2.01. The molecular formula is C19H13NO3. The van der Waals surface area contributed by atoms with Gasteiger partial charge in [-0.15, -0.1) is 0 Å². The van der Waals surface area contributed by atoms with Crippen molar-refractivity contribution >= 4 is 27.5 Å². The number of rotatable bonds is 2. The average molecular weight is 303 g/mol. The topological polar surface area (TPSA) is 73.3 Å². The number of hydrogen-bond donors (Lipinski definition) is 3. The second-order valence-electron chi connectivity index (χ2n) is 5.46. The number of ketones is 1. The van der Waals surface area contributed by atoms with Gasteiger partial charge in [-0.05, 0) is 41.1 Å². The van der Waals surface area contributed by atoms with Crippen molar-refractivity contribution in [2.45, 2.75) is 0 Å². The van der Waals surface area contributed by atoms with E-state index < -0.39 is 0 Å². The first-order chi connectivity index (χ1) is 11.1. The fourth-order valence-electron chi connectivity index (χ4n) is 2.83. The molecular weight excluding hydrogens is 290 g/mol. The first-order valence-corrected chi connectivity index (χ1v) is 7.20. The fraction of sp³-hybridized carbons (Fsp3) is 0. The van der Waals surface area contributed by atoms with Crippen LogP contribution in [-0.4, -0.2) is 21.0 Å². The molecule has 112 valence electrons. The third kappa shape index (κ3) is 2.12. The minimum Gasteiger partial charge on any atom is -0.504 e. The van der Waals surface area contributed by atoms with Crippen LogP contribution in [-0.2, 0) is 0 Å². The molecule has 1 heterocycles. The molecule has 0 fully saturated rings. The number of hydrogen-bond acceptors (Lipinski definition) is 3. The number of carbonyl (C=O) groups excluding carboxylic acids is 1. The Hall–Kier alpha value is -3.27. The second kappa shape index (κ2) is 4.88. The van der Waals surface area contributed by atoms with E-state index in [0.717, 1.165) is 21.7 Å². The summed E-state index contributed by atoms with van der Waals surface area (Å²) >= 11 is 0. The van der Waals surface area contributed by atoms with Crippen molar-refractivity contribution in [2.75, 3.05) is 0 Å². The number of nitrogens with one attached hydrogen (secondary N) is 1. The van der Waals surface area contributed by atoms with Crippen molar-refractivity contribution in [3.63, 3.8) is 0 Å². The van der Waals surface area contributed by atoms with Crippen LogP contribution in [0.5, 0.6) is 11.5 Å². The lowest BCUT2D eigenvalue weighted by Crippen LogP contribution is -2.01. The van der Waals surface area contributed by atoms with E-state index >= 15 is 0 Å². The van der Waals surface area contributed by atoms with Gasteiger partial charge in [0, 0.05) is 16.5 Å². The highest BCUT2D eigenvalue weighted by Crippen LogP contribution is 2.29. The Kier molecular flexibility index (Phi) is 2.84. The van der Waals surface area contributed by atoms with Gasteiger partial charge in [0.15, 0.2) is 11.5 Å². The molecule has 0 aliphatic heterocycles. The molecule has 23 heavy (non-hydrogen) atoms. The molecule has 0 saturated heterocycles. The molecule has 3 aromatic carbocycles. The molecule has 4 aromatic rings. The van der Waals surface area contributed by atoms with Crippen molar-refractivity contribution in [3.05, 3.63) is 71.9 Å². The quantitative estimate of drug-likeness (QED) is 0.387. The summed E-state index contributed by atoms with van der Waals surface area (Å²) in [7, 11) is 0. The zero-order valence-corrected chi connectivity index (χ0v) is 12.1. The maximum absolute atomic E-state index is 12.6. The van der Waals surface area contributed by atoms with Crippen LogP contribution in [0.3, 0.4) is 0 Å². The molecule has 1 aromatic heterocycles. The summed E-state index contributed by atoms with van der Waals surface area (Å²) in [5.74, 6) is -0.790. The van der Waals surface area contributed by atoms with Gasteiger partial charge in [0.25, 0.3) is 0 Å². The third-order valence-electron chi connectivity index (χ3n) is 4.01. The largest absolute Gasteiger partial charge is 0.504 e. The SMILES string of the molecule is O=C(c1ccc(O)c(O)c1)c1cc2c(ccc3ccccc32)[nH]1. The normalized spacial score (nSPS) is 11.1. The molecule has 0 aliphatic carbocycles. The summed E-state index contributed by atoms with van der Waals surface area (Å²) in [5, 5.41) is 22.1. The molecule has 0 bridgehead atoms. The van der Waals surface area contributed by atoms with Crippen LogP contribution in [0.25, 0.3) is 21.7 Å². The maximum Gasteiger partial charge on any atom is 0.209 e. The molecule has 0 saturated carbocycles. The zero-order valence-electron chi connectivity index (χ0n) is 12.1. The van der Waals surface area contributed by atoms with Crippen LogP contribution in [0.4, 0.5) is 0 Å². The van der Waals surface area contributed by atoms with E-state index in [4.69, 9.17) is 0 Å². The molecule has 0 spiro atoms. The summed E-state index contributed by atoms with van der Waals surface area (Å²) in [6.45, 7) is 0. The van der Waals surface area contributed by atoms with E-state index in [0.29, 0.717) is 11.3 Å². The van der Waals surface area contributed by atoms with Crippen molar-refractivity contribution in [2.24, 2.45) is 0 Å². The molecule has 0 atom stereocenters. The highest BCUT2D eigenvalue weighted by atomic mass is 16.3.